The van der Waals surface area contributed by atoms with E-state index >= 15 is 0 Å². The lowest BCUT2D eigenvalue weighted by molar-refractivity contribution is -0.127. The minimum Gasteiger partial charge on any atom is -0.353 e. The van der Waals surface area contributed by atoms with Crippen molar-refractivity contribution in [2.24, 2.45) is 17.8 Å². The van der Waals surface area contributed by atoms with Gasteiger partial charge >= 0.3 is 0 Å². The Morgan fingerprint density at radius 2 is 1.73 bits per heavy atom. The summed E-state index contributed by atoms with van der Waals surface area (Å²) < 4.78 is 40.0. The Morgan fingerprint density at radius 1 is 1.15 bits per heavy atom. The zero-order valence-electron chi connectivity index (χ0n) is 15.9. The zero-order valence-corrected chi connectivity index (χ0v) is 16.7. The number of carbonyl (C=O) groups excluding carboxylic acids is 1. The van der Waals surface area contributed by atoms with Crippen molar-refractivity contribution < 1.29 is 17.6 Å². The van der Waals surface area contributed by atoms with Crippen molar-refractivity contribution in [1.82, 2.24) is 9.62 Å². The van der Waals surface area contributed by atoms with Crippen LogP contribution in [0.3, 0.4) is 0 Å². The normalized spacial score (nSPS) is 19.3. The molecule has 0 spiro atoms. The largest absolute Gasteiger partial charge is 0.353 e. The number of hydrogen-bond donors (Lipinski definition) is 1. The third kappa shape index (κ3) is 4.82. The summed E-state index contributed by atoms with van der Waals surface area (Å²) in [6.45, 7) is 8.80. The molecule has 1 aromatic rings. The molecule has 1 aromatic carbocycles. The van der Waals surface area contributed by atoms with Gasteiger partial charge in [-0.3, -0.25) is 4.79 Å². The van der Waals surface area contributed by atoms with Crippen molar-refractivity contribution >= 4 is 15.9 Å². The van der Waals surface area contributed by atoms with Gasteiger partial charge in [0.25, 0.3) is 0 Å². The molecule has 146 valence electrons. The van der Waals surface area contributed by atoms with E-state index in [0.717, 1.165) is 12.1 Å². The molecule has 1 aliphatic heterocycles. The lowest BCUT2D eigenvalue weighted by atomic mass is 9.91. The molecular weight excluding hydrogens is 355 g/mol. The van der Waals surface area contributed by atoms with Crippen LogP contribution in [0.2, 0.25) is 0 Å². The van der Waals surface area contributed by atoms with Gasteiger partial charge < -0.3 is 5.32 Å². The molecule has 1 aliphatic rings. The Balaban J connectivity index is 2.10. The second kappa shape index (κ2) is 8.48. The molecule has 0 aromatic heterocycles. The van der Waals surface area contributed by atoms with Gasteiger partial charge in [-0.25, -0.2) is 12.8 Å². The number of piperidine rings is 1. The van der Waals surface area contributed by atoms with E-state index in [-0.39, 0.29) is 29.3 Å². The van der Waals surface area contributed by atoms with Gasteiger partial charge in [-0.1, -0.05) is 27.7 Å². The molecule has 2 rings (SSSR count). The quantitative estimate of drug-likeness (QED) is 0.820. The van der Waals surface area contributed by atoms with E-state index in [0.29, 0.717) is 31.2 Å². The fourth-order valence-electron chi connectivity index (χ4n) is 3.52. The second-order valence-electron chi connectivity index (χ2n) is 7.68. The SMILES string of the molecule is CC(C)C(NC(=O)C1CCCN(S(=O)(=O)c2ccc(F)cc2)C1)C(C)C. The highest BCUT2D eigenvalue weighted by Gasteiger charge is 2.34. The van der Waals surface area contributed by atoms with Crippen LogP contribution < -0.4 is 5.32 Å². The molecule has 1 atom stereocenters. The van der Waals surface area contributed by atoms with Gasteiger partial charge in [-0.15, -0.1) is 0 Å². The summed E-state index contributed by atoms with van der Waals surface area (Å²) in [4.78, 5) is 12.7. The number of sulfonamides is 1. The highest BCUT2D eigenvalue weighted by Crippen LogP contribution is 2.25. The molecule has 1 heterocycles. The lowest BCUT2D eigenvalue weighted by Gasteiger charge is -2.33. The van der Waals surface area contributed by atoms with Crippen LogP contribution in [-0.4, -0.2) is 37.8 Å². The molecule has 1 amide bonds. The number of halogens is 1. The van der Waals surface area contributed by atoms with Gasteiger partial charge in [0.1, 0.15) is 5.82 Å². The van der Waals surface area contributed by atoms with Crippen LogP contribution in [0.1, 0.15) is 40.5 Å². The van der Waals surface area contributed by atoms with E-state index < -0.39 is 15.8 Å². The molecular formula is C19H29FN2O3S. The van der Waals surface area contributed by atoms with Crippen LogP contribution in [0, 0.1) is 23.6 Å². The average molecular weight is 385 g/mol. The number of rotatable bonds is 6. The summed E-state index contributed by atoms with van der Waals surface area (Å²) in [5.41, 5.74) is 0. The third-order valence-corrected chi connectivity index (χ3v) is 6.83. The first-order chi connectivity index (χ1) is 12.1. The fraction of sp³-hybridized carbons (Fsp3) is 0.632. The summed E-state index contributed by atoms with van der Waals surface area (Å²) in [6.07, 6.45) is 1.30. The third-order valence-electron chi connectivity index (χ3n) is 4.95. The van der Waals surface area contributed by atoms with Gasteiger partial charge in [-0.05, 0) is 48.9 Å². The lowest BCUT2D eigenvalue weighted by Crippen LogP contribution is -2.49. The van der Waals surface area contributed by atoms with E-state index in [9.17, 15) is 17.6 Å². The van der Waals surface area contributed by atoms with E-state index in [1.807, 2.05) is 0 Å². The number of hydrogen-bond acceptors (Lipinski definition) is 3. The van der Waals surface area contributed by atoms with E-state index in [1.54, 1.807) is 0 Å². The predicted octanol–water partition coefficient (Wildman–Crippen LogP) is 3.02. The summed E-state index contributed by atoms with van der Waals surface area (Å²) in [5.74, 6) is -0.313. The van der Waals surface area contributed by atoms with Crippen molar-refractivity contribution in [2.45, 2.75) is 51.5 Å². The van der Waals surface area contributed by atoms with Crippen LogP contribution in [0.25, 0.3) is 0 Å². The first-order valence-corrected chi connectivity index (χ1v) is 10.6. The second-order valence-corrected chi connectivity index (χ2v) is 9.62. The minimum absolute atomic E-state index is 0.0576. The van der Waals surface area contributed by atoms with Crippen molar-refractivity contribution in [3.63, 3.8) is 0 Å². The predicted molar refractivity (Wildman–Crippen MR) is 99.5 cm³/mol. The Hall–Kier alpha value is -1.47. The number of nitrogens with one attached hydrogen (secondary N) is 1. The highest BCUT2D eigenvalue weighted by atomic mass is 32.2. The molecule has 26 heavy (non-hydrogen) atoms. The van der Waals surface area contributed by atoms with Gasteiger partial charge in [0.2, 0.25) is 15.9 Å². The molecule has 1 N–H and O–H groups in total. The Labute approximate surface area is 156 Å². The summed E-state index contributed by atoms with van der Waals surface area (Å²) in [5, 5.41) is 3.09. The minimum atomic E-state index is -3.72. The average Bonchev–Trinajstić information content (AvgIpc) is 2.59. The van der Waals surface area contributed by atoms with Crippen LogP contribution in [0.4, 0.5) is 4.39 Å². The Kier molecular flexibility index (Phi) is 6.80. The van der Waals surface area contributed by atoms with Gasteiger partial charge in [0.05, 0.1) is 10.8 Å². The molecule has 1 unspecified atom stereocenters. The molecule has 0 saturated carbocycles. The van der Waals surface area contributed by atoms with Crippen LogP contribution in [-0.2, 0) is 14.8 Å². The summed E-state index contributed by atoms with van der Waals surface area (Å²) >= 11 is 0. The number of nitrogens with zero attached hydrogens (tertiary/aromatic N) is 1. The fourth-order valence-corrected chi connectivity index (χ4v) is 5.04. The monoisotopic (exact) mass is 384 g/mol. The number of benzene rings is 1. The smallest absolute Gasteiger partial charge is 0.243 e. The first-order valence-electron chi connectivity index (χ1n) is 9.19. The van der Waals surface area contributed by atoms with Gasteiger partial charge in [0, 0.05) is 19.1 Å². The molecule has 0 radical (unpaired) electrons. The van der Waals surface area contributed by atoms with E-state index in [1.165, 1.54) is 16.4 Å². The molecule has 7 heteroatoms. The van der Waals surface area contributed by atoms with Gasteiger partial charge in [0.15, 0.2) is 0 Å². The maximum absolute atomic E-state index is 13.1. The standard InChI is InChI=1S/C19H29FN2O3S/c1-13(2)18(14(3)4)21-19(23)15-6-5-11-22(12-15)26(24,25)17-9-7-16(20)8-10-17/h7-10,13-15,18H,5-6,11-12H2,1-4H3,(H,21,23). The summed E-state index contributed by atoms with van der Waals surface area (Å²) in [7, 11) is -3.72. The molecule has 1 saturated heterocycles. The Morgan fingerprint density at radius 3 is 2.27 bits per heavy atom. The van der Waals surface area contributed by atoms with Crippen LogP contribution >= 0.6 is 0 Å². The van der Waals surface area contributed by atoms with Crippen molar-refractivity contribution in [1.29, 1.82) is 0 Å². The maximum Gasteiger partial charge on any atom is 0.243 e. The van der Waals surface area contributed by atoms with Crippen molar-refractivity contribution in [2.75, 3.05) is 13.1 Å². The maximum atomic E-state index is 13.1. The topological polar surface area (TPSA) is 66.5 Å². The van der Waals surface area contributed by atoms with Crippen LogP contribution in [0.5, 0.6) is 0 Å². The van der Waals surface area contributed by atoms with E-state index in [4.69, 9.17) is 0 Å². The molecule has 0 aliphatic carbocycles. The zero-order chi connectivity index (χ0) is 19.5. The summed E-state index contributed by atoms with van der Waals surface area (Å²) in [6, 6.07) is 4.86. The number of amides is 1. The van der Waals surface area contributed by atoms with Gasteiger partial charge in [-0.2, -0.15) is 4.31 Å². The molecule has 0 bridgehead atoms. The first kappa shape index (κ1) is 20.8. The highest BCUT2D eigenvalue weighted by molar-refractivity contribution is 7.89. The molecule has 1 fully saturated rings. The number of carbonyl (C=O) groups is 1. The van der Waals surface area contributed by atoms with Crippen molar-refractivity contribution in [3.05, 3.63) is 30.1 Å². The Bertz CT molecular complexity index is 709. The van der Waals surface area contributed by atoms with Crippen LogP contribution in [0.15, 0.2) is 29.2 Å². The molecule has 5 nitrogen and oxygen atoms in total. The van der Waals surface area contributed by atoms with Crippen molar-refractivity contribution in [3.8, 4) is 0 Å². The van der Waals surface area contributed by atoms with E-state index in [2.05, 4.69) is 33.0 Å².